The molecule has 0 unspecified atom stereocenters. The Hall–Kier alpha value is -2.54. The molecule has 0 bridgehead atoms. The topological polar surface area (TPSA) is 41.6 Å². The summed E-state index contributed by atoms with van der Waals surface area (Å²) in [6, 6.07) is 14.5. The first-order valence-corrected chi connectivity index (χ1v) is 9.26. The standard InChI is InChI=1S/C21H23F3N2O2/c22-21(23,24)15-28-14-17-3-7-18(8-4-17)20(27)25-13-16-5-9-19(10-6-16)26-11-1-2-12-26/h3-10H,1-2,11-15H2,(H,25,27). The molecule has 1 aliphatic heterocycles. The molecule has 1 saturated heterocycles. The highest BCUT2D eigenvalue weighted by molar-refractivity contribution is 5.94. The van der Waals surface area contributed by atoms with Crippen LogP contribution in [0.5, 0.6) is 0 Å². The van der Waals surface area contributed by atoms with E-state index in [4.69, 9.17) is 0 Å². The van der Waals surface area contributed by atoms with E-state index in [1.807, 2.05) is 12.1 Å². The van der Waals surface area contributed by atoms with E-state index in [1.54, 1.807) is 24.3 Å². The van der Waals surface area contributed by atoms with E-state index in [1.165, 1.54) is 18.5 Å². The van der Waals surface area contributed by atoms with Crippen molar-refractivity contribution < 1.29 is 22.7 Å². The first-order chi connectivity index (χ1) is 13.4. The van der Waals surface area contributed by atoms with Crippen LogP contribution in [-0.2, 0) is 17.9 Å². The number of nitrogens with one attached hydrogen (secondary N) is 1. The molecule has 0 saturated carbocycles. The second kappa shape index (κ2) is 9.10. The number of halogens is 3. The van der Waals surface area contributed by atoms with Crippen molar-refractivity contribution in [2.75, 3.05) is 24.6 Å². The second-order valence-electron chi connectivity index (χ2n) is 6.85. The number of rotatable bonds is 7. The third kappa shape index (κ3) is 5.99. The van der Waals surface area contributed by atoms with Crippen molar-refractivity contribution in [1.29, 1.82) is 0 Å². The molecule has 150 valence electrons. The molecule has 0 atom stereocenters. The summed E-state index contributed by atoms with van der Waals surface area (Å²) >= 11 is 0. The highest BCUT2D eigenvalue weighted by Crippen LogP contribution is 2.20. The zero-order valence-corrected chi connectivity index (χ0v) is 15.5. The van der Waals surface area contributed by atoms with Crippen LogP contribution < -0.4 is 10.2 Å². The van der Waals surface area contributed by atoms with Crippen LogP contribution in [-0.4, -0.2) is 31.8 Å². The Kier molecular flexibility index (Phi) is 6.57. The fourth-order valence-corrected chi connectivity index (χ4v) is 3.12. The van der Waals surface area contributed by atoms with Gasteiger partial charge in [0.25, 0.3) is 5.91 Å². The van der Waals surface area contributed by atoms with E-state index in [9.17, 15) is 18.0 Å². The molecular formula is C21H23F3N2O2. The van der Waals surface area contributed by atoms with Gasteiger partial charge in [0.15, 0.2) is 0 Å². The van der Waals surface area contributed by atoms with Crippen LogP contribution in [0, 0.1) is 0 Å². The molecule has 3 rings (SSSR count). The minimum Gasteiger partial charge on any atom is -0.372 e. The van der Waals surface area contributed by atoms with Crippen LogP contribution in [0.4, 0.5) is 18.9 Å². The Morgan fingerprint density at radius 1 is 0.964 bits per heavy atom. The van der Waals surface area contributed by atoms with Gasteiger partial charge in [-0.05, 0) is 48.2 Å². The Balaban J connectivity index is 1.46. The molecule has 0 aliphatic carbocycles. The molecule has 4 nitrogen and oxygen atoms in total. The molecule has 2 aromatic rings. The van der Waals surface area contributed by atoms with E-state index in [-0.39, 0.29) is 12.5 Å². The van der Waals surface area contributed by atoms with Crippen LogP contribution in [0.3, 0.4) is 0 Å². The Morgan fingerprint density at radius 3 is 2.18 bits per heavy atom. The number of amides is 1. The first-order valence-electron chi connectivity index (χ1n) is 9.26. The number of nitrogens with zero attached hydrogens (tertiary/aromatic N) is 1. The first kappa shape index (κ1) is 20.2. The molecule has 1 fully saturated rings. The molecule has 0 aromatic heterocycles. The average Bonchev–Trinajstić information content (AvgIpc) is 3.21. The molecule has 28 heavy (non-hydrogen) atoms. The van der Waals surface area contributed by atoms with E-state index in [0.717, 1.165) is 18.7 Å². The lowest BCUT2D eigenvalue weighted by Crippen LogP contribution is -2.23. The molecular weight excluding hydrogens is 369 g/mol. The predicted octanol–water partition coefficient (Wildman–Crippen LogP) is 4.30. The minimum atomic E-state index is -4.34. The zero-order valence-electron chi connectivity index (χ0n) is 15.5. The number of carbonyl (C=O) groups excluding carboxylic acids is 1. The zero-order chi connectivity index (χ0) is 20.0. The average molecular weight is 392 g/mol. The van der Waals surface area contributed by atoms with Crippen LogP contribution in [0.2, 0.25) is 0 Å². The van der Waals surface area contributed by atoms with Crippen LogP contribution in [0.25, 0.3) is 0 Å². The molecule has 1 aliphatic rings. The highest BCUT2D eigenvalue weighted by Gasteiger charge is 2.27. The fraction of sp³-hybridized carbons (Fsp3) is 0.381. The monoisotopic (exact) mass is 392 g/mol. The molecule has 1 N–H and O–H groups in total. The quantitative estimate of drug-likeness (QED) is 0.764. The van der Waals surface area contributed by atoms with E-state index < -0.39 is 12.8 Å². The number of benzene rings is 2. The van der Waals surface area contributed by atoms with Crippen molar-refractivity contribution in [2.24, 2.45) is 0 Å². The maximum Gasteiger partial charge on any atom is 0.411 e. The lowest BCUT2D eigenvalue weighted by atomic mass is 10.1. The maximum atomic E-state index is 12.3. The van der Waals surface area contributed by atoms with Gasteiger partial charge in [-0.25, -0.2) is 0 Å². The van der Waals surface area contributed by atoms with Gasteiger partial charge in [-0.15, -0.1) is 0 Å². The SMILES string of the molecule is O=C(NCc1ccc(N2CCCC2)cc1)c1ccc(COCC(F)(F)F)cc1. The lowest BCUT2D eigenvalue weighted by Gasteiger charge is -2.17. The molecule has 1 amide bonds. The van der Waals surface area contributed by atoms with Crippen molar-refractivity contribution in [3.05, 3.63) is 65.2 Å². The summed E-state index contributed by atoms with van der Waals surface area (Å²) in [7, 11) is 0. The summed E-state index contributed by atoms with van der Waals surface area (Å²) in [5.41, 5.74) is 3.25. The predicted molar refractivity (Wildman–Crippen MR) is 101 cm³/mol. The highest BCUT2D eigenvalue weighted by atomic mass is 19.4. The van der Waals surface area contributed by atoms with Gasteiger partial charge in [-0.3, -0.25) is 4.79 Å². The normalized spacial score (nSPS) is 14.3. The second-order valence-corrected chi connectivity index (χ2v) is 6.85. The smallest absolute Gasteiger partial charge is 0.372 e. The largest absolute Gasteiger partial charge is 0.411 e. The van der Waals surface area contributed by atoms with Crippen LogP contribution in [0.1, 0.15) is 34.3 Å². The lowest BCUT2D eigenvalue weighted by molar-refractivity contribution is -0.176. The van der Waals surface area contributed by atoms with Crippen molar-refractivity contribution >= 4 is 11.6 Å². The Morgan fingerprint density at radius 2 is 1.57 bits per heavy atom. The molecule has 0 spiro atoms. The third-order valence-corrected chi connectivity index (χ3v) is 4.61. The number of ether oxygens (including phenoxy) is 1. The van der Waals surface area contributed by atoms with Gasteiger partial charge >= 0.3 is 6.18 Å². The summed E-state index contributed by atoms with van der Waals surface area (Å²) in [6.07, 6.45) is -1.89. The summed E-state index contributed by atoms with van der Waals surface area (Å²) in [5.74, 6) is -0.230. The van der Waals surface area contributed by atoms with Gasteiger partial charge in [0, 0.05) is 30.9 Å². The van der Waals surface area contributed by atoms with E-state index in [2.05, 4.69) is 27.1 Å². The van der Waals surface area contributed by atoms with E-state index in [0.29, 0.717) is 17.7 Å². The Labute approximate surface area is 162 Å². The number of hydrogen-bond donors (Lipinski definition) is 1. The number of hydrogen-bond acceptors (Lipinski definition) is 3. The van der Waals surface area contributed by atoms with Crippen molar-refractivity contribution in [3.8, 4) is 0 Å². The van der Waals surface area contributed by atoms with E-state index >= 15 is 0 Å². The van der Waals surface area contributed by atoms with Crippen LogP contribution in [0.15, 0.2) is 48.5 Å². The van der Waals surface area contributed by atoms with Gasteiger partial charge in [-0.2, -0.15) is 13.2 Å². The van der Waals surface area contributed by atoms with Crippen molar-refractivity contribution in [1.82, 2.24) is 5.32 Å². The maximum absolute atomic E-state index is 12.3. The number of carbonyl (C=O) groups is 1. The number of anilines is 1. The molecule has 2 aromatic carbocycles. The third-order valence-electron chi connectivity index (χ3n) is 4.61. The van der Waals surface area contributed by atoms with Crippen molar-refractivity contribution in [3.63, 3.8) is 0 Å². The Bertz CT molecular complexity index is 768. The van der Waals surface area contributed by atoms with Gasteiger partial charge in [0.05, 0.1) is 6.61 Å². The van der Waals surface area contributed by atoms with Crippen LogP contribution >= 0.6 is 0 Å². The molecule has 0 radical (unpaired) electrons. The summed E-state index contributed by atoms with van der Waals surface area (Å²) in [4.78, 5) is 14.6. The fourth-order valence-electron chi connectivity index (χ4n) is 3.12. The van der Waals surface area contributed by atoms with Gasteiger partial charge < -0.3 is 15.0 Å². The summed E-state index contributed by atoms with van der Waals surface area (Å²) in [6.45, 7) is 1.16. The number of alkyl halides is 3. The minimum absolute atomic E-state index is 0.148. The molecule has 7 heteroatoms. The summed E-state index contributed by atoms with van der Waals surface area (Å²) in [5, 5.41) is 2.85. The van der Waals surface area contributed by atoms with Gasteiger partial charge in [-0.1, -0.05) is 24.3 Å². The van der Waals surface area contributed by atoms with Gasteiger partial charge in [0.1, 0.15) is 6.61 Å². The summed E-state index contributed by atoms with van der Waals surface area (Å²) < 4.78 is 40.8. The molecule has 1 heterocycles. The van der Waals surface area contributed by atoms with Gasteiger partial charge in [0.2, 0.25) is 0 Å². The van der Waals surface area contributed by atoms with Crippen molar-refractivity contribution in [2.45, 2.75) is 32.2 Å².